The van der Waals surface area contributed by atoms with E-state index in [1.54, 1.807) is 11.9 Å². The molecule has 0 spiro atoms. The molecule has 0 unspecified atom stereocenters. The molecule has 1 heterocycles. The highest BCUT2D eigenvalue weighted by atomic mass is 32.1. The average Bonchev–Trinajstić information content (AvgIpc) is 2.67. The quantitative estimate of drug-likeness (QED) is 0.834. The van der Waals surface area contributed by atoms with E-state index >= 15 is 0 Å². The molecule has 0 saturated carbocycles. The molecule has 1 aromatic rings. The van der Waals surface area contributed by atoms with Gasteiger partial charge in [-0.2, -0.15) is 13.2 Å². The average molecular weight is 309 g/mol. The van der Waals surface area contributed by atoms with Gasteiger partial charge in [0.15, 0.2) is 5.13 Å². The number of hydrogen-bond donors (Lipinski definition) is 1. The van der Waals surface area contributed by atoms with Gasteiger partial charge in [0, 0.05) is 25.0 Å². The van der Waals surface area contributed by atoms with E-state index in [2.05, 4.69) is 24.1 Å². The second-order valence-electron chi connectivity index (χ2n) is 5.32. The van der Waals surface area contributed by atoms with Gasteiger partial charge in [-0.3, -0.25) is 0 Å². The number of nitrogens with one attached hydrogen (secondary N) is 1. The molecule has 0 aromatic carbocycles. The van der Waals surface area contributed by atoms with Crippen molar-refractivity contribution in [1.29, 1.82) is 0 Å². The molecule has 3 nitrogen and oxygen atoms in total. The first-order valence-electron chi connectivity index (χ1n) is 6.64. The van der Waals surface area contributed by atoms with Crippen LogP contribution in [-0.2, 0) is 6.54 Å². The Balaban J connectivity index is 2.55. The van der Waals surface area contributed by atoms with Crippen LogP contribution >= 0.6 is 11.3 Å². The summed E-state index contributed by atoms with van der Waals surface area (Å²) in [5, 5.41) is 3.97. The Morgan fingerprint density at radius 1 is 1.35 bits per heavy atom. The maximum Gasteiger partial charge on any atom is 0.390 e. The smallest absolute Gasteiger partial charge is 0.351 e. The van der Waals surface area contributed by atoms with Gasteiger partial charge >= 0.3 is 6.18 Å². The van der Waals surface area contributed by atoms with Gasteiger partial charge in [-0.05, 0) is 19.4 Å². The molecule has 116 valence electrons. The molecule has 0 radical (unpaired) electrons. The number of halogens is 3. The first kappa shape index (κ1) is 17.2. The Bertz CT molecular complexity index is 415. The summed E-state index contributed by atoms with van der Waals surface area (Å²) < 4.78 is 36.6. The highest BCUT2D eigenvalue weighted by Crippen LogP contribution is 2.27. The summed E-state index contributed by atoms with van der Waals surface area (Å²) in [6.07, 6.45) is -4.94. The molecule has 0 fully saturated rings. The molecule has 0 aliphatic carbocycles. The summed E-state index contributed by atoms with van der Waals surface area (Å²) in [6, 6.07) is 0. The van der Waals surface area contributed by atoms with Gasteiger partial charge in [0.2, 0.25) is 0 Å². The first-order valence-corrected chi connectivity index (χ1v) is 7.45. The van der Waals surface area contributed by atoms with Crippen LogP contribution in [0.15, 0.2) is 0 Å². The van der Waals surface area contributed by atoms with Gasteiger partial charge in [0.1, 0.15) is 0 Å². The van der Waals surface area contributed by atoms with Crippen molar-refractivity contribution in [2.45, 2.75) is 39.9 Å². The normalized spacial score (nSPS) is 12.2. The van der Waals surface area contributed by atoms with E-state index in [4.69, 9.17) is 0 Å². The van der Waals surface area contributed by atoms with E-state index in [1.807, 2.05) is 6.92 Å². The number of aryl methyl sites for hydroxylation is 1. The molecule has 0 aliphatic heterocycles. The lowest BCUT2D eigenvalue weighted by atomic mass is 10.2. The molecule has 0 saturated heterocycles. The summed E-state index contributed by atoms with van der Waals surface area (Å²) >= 11 is 1.45. The Morgan fingerprint density at radius 2 is 2.00 bits per heavy atom. The van der Waals surface area contributed by atoms with Crippen molar-refractivity contribution in [3.8, 4) is 0 Å². The maximum atomic E-state index is 12.2. The molecule has 0 amide bonds. The Morgan fingerprint density at radius 3 is 2.55 bits per heavy atom. The monoisotopic (exact) mass is 309 g/mol. The van der Waals surface area contributed by atoms with Crippen molar-refractivity contribution < 1.29 is 13.2 Å². The minimum atomic E-state index is -4.12. The summed E-state index contributed by atoms with van der Waals surface area (Å²) in [5.74, 6) is 0.567. The second kappa shape index (κ2) is 7.26. The third-order valence-corrected chi connectivity index (χ3v) is 4.05. The lowest BCUT2D eigenvalue weighted by molar-refractivity contribution is -0.132. The highest BCUT2D eigenvalue weighted by molar-refractivity contribution is 7.15. The molecule has 1 N–H and O–H groups in total. The molecule has 20 heavy (non-hydrogen) atoms. The minimum absolute atomic E-state index is 0.0602. The predicted octanol–water partition coefficient (Wildman–Crippen LogP) is 3.59. The second-order valence-corrected chi connectivity index (χ2v) is 6.38. The van der Waals surface area contributed by atoms with E-state index < -0.39 is 12.6 Å². The van der Waals surface area contributed by atoms with Crippen molar-refractivity contribution in [2.75, 3.05) is 25.0 Å². The SMILES string of the molecule is Cc1nc(N(C)CCC(F)(F)F)sc1CNCC(C)C. The number of nitrogens with zero attached hydrogens (tertiary/aromatic N) is 2. The third-order valence-electron chi connectivity index (χ3n) is 2.78. The zero-order chi connectivity index (χ0) is 15.3. The number of anilines is 1. The molecular weight excluding hydrogens is 287 g/mol. The van der Waals surface area contributed by atoms with E-state index in [9.17, 15) is 13.2 Å². The molecular formula is C13H22F3N3S. The molecule has 1 aromatic heterocycles. The molecule has 0 aliphatic rings. The summed E-state index contributed by atoms with van der Waals surface area (Å²) in [7, 11) is 1.65. The number of thiazole rings is 1. The van der Waals surface area contributed by atoms with Crippen LogP contribution in [0.5, 0.6) is 0 Å². The van der Waals surface area contributed by atoms with E-state index in [-0.39, 0.29) is 6.54 Å². The zero-order valence-electron chi connectivity index (χ0n) is 12.3. The van der Waals surface area contributed by atoms with Gasteiger partial charge in [0.05, 0.1) is 12.1 Å². The minimum Gasteiger partial charge on any atom is -0.351 e. The number of hydrogen-bond acceptors (Lipinski definition) is 4. The number of rotatable bonds is 7. The van der Waals surface area contributed by atoms with Crippen LogP contribution in [-0.4, -0.2) is 31.3 Å². The van der Waals surface area contributed by atoms with Crippen LogP contribution in [0.3, 0.4) is 0 Å². The Kier molecular flexibility index (Phi) is 6.26. The predicted molar refractivity (Wildman–Crippen MR) is 77.3 cm³/mol. The van der Waals surface area contributed by atoms with E-state index in [0.717, 1.165) is 23.7 Å². The van der Waals surface area contributed by atoms with Gasteiger partial charge in [-0.1, -0.05) is 13.8 Å². The van der Waals surface area contributed by atoms with Gasteiger partial charge in [-0.15, -0.1) is 11.3 Å². The lowest BCUT2D eigenvalue weighted by Crippen LogP contribution is -2.23. The maximum absolute atomic E-state index is 12.2. The van der Waals surface area contributed by atoms with Crippen LogP contribution in [0.4, 0.5) is 18.3 Å². The van der Waals surface area contributed by atoms with Crippen LogP contribution in [0, 0.1) is 12.8 Å². The van der Waals surface area contributed by atoms with Gasteiger partial charge < -0.3 is 10.2 Å². The van der Waals surface area contributed by atoms with Crippen molar-refractivity contribution in [3.63, 3.8) is 0 Å². The summed E-state index contributed by atoms with van der Waals surface area (Å²) in [6.45, 7) is 7.72. The van der Waals surface area contributed by atoms with Crippen molar-refractivity contribution in [2.24, 2.45) is 5.92 Å². The fourth-order valence-electron chi connectivity index (χ4n) is 1.60. The van der Waals surface area contributed by atoms with Gasteiger partial charge in [-0.25, -0.2) is 4.98 Å². The zero-order valence-corrected chi connectivity index (χ0v) is 13.2. The van der Waals surface area contributed by atoms with Crippen LogP contribution in [0.25, 0.3) is 0 Å². The van der Waals surface area contributed by atoms with Crippen LogP contribution in [0.2, 0.25) is 0 Å². The standard InChI is InChI=1S/C13H22F3N3S/c1-9(2)7-17-8-11-10(3)18-12(20-11)19(4)6-5-13(14,15)16/h9,17H,5-8H2,1-4H3. The van der Waals surface area contributed by atoms with E-state index in [1.165, 1.54) is 11.3 Å². The van der Waals surface area contributed by atoms with Crippen molar-refractivity contribution in [1.82, 2.24) is 10.3 Å². The van der Waals surface area contributed by atoms with Crippen molar-refractivity contribution in [3.05, 3.63) is 10.6 Å². The first-order chi connectivity index (χ1) is 9.19. The molecule has 0 atom stereocenters. The fraction of sp³-hybridized carbons (Fsp3) is 0.769. The van der Waals surface area contributed by atoms with Crippen molar-refractivity contribution >= 4 is 16.5 Å². The van der Waals surface area contributed by atoms with E-state index in [0.29, 0.717) is 11.0 Å². The molecule has 0 bridgehead atoms. The van der Waals surface area contributed by atoms with Gasteiger partial charge in [0.25, 0.3) is 0 Å². The molecule has 7 heteroatoms. The number of alkyl halides is 3. The largest absolute Gasteiger partial charge is 0.390 e. The van der Waals surface area contributed by atoms with Crippen LogP contribution in [0.1, 0.15) is 30.8 Å². The number of aromatic nitrogens is 1. The summed E-state index contributed by atoms with van der Waals surface area (Å²) in [5.41, 5.74) is 0.889. The highest BCUT2D eigenvalue weighted by Gasteiger charge is 2.27. The lowest BCUT2D eigenvalue weighted by Gasteiger charge is -2.16. The Hall–Kier alpha value is -0.820. The van der Waals surface area contributed by atoms with Crippen LogP contribution < -0.4 is 10.2 Å². The summed E-state index contributed by atoms with van der Waals surface area (Å²) in [4.78, 5) is 7.00. The Labute approximate surface area is 122 Å². The topological polar surface area (TPSA) is 28.2 Å². The fourth-order valence-corrected chi connectivity index (χ4v) is 2.62. The third kappa shape index (κ3) is 6.09. The molecule has 1 rings (SSSR count).